The SMILES string of the molecule is Cc1ccc(-c2csc3nc(Cl)nc(N(C)C4CCN(C)CC4)c23)cc1. The van der Waals surface area contributed by atoms with Crippen molar-refractivity contribution in [3.8, 4) is 11.1 Å². The fourth-order valence-electron chi connectivity index (χ4n) is 3.65. The summed E-state index contributed by atoms with van der Waals surface area (Å²) in [6, 6.07) is 9.12. The molecule has 6 heteroatoms. The standard InChI is InChI=1S/C20H23ClN4S/c1-13-4-6-14(7-5-13)16-12-26-19-17(16)18(22-20(21)23-19)25(3)15-8-10-24(2)11-9-15/h4-7,12,15H,8-11H2,1-3H3. The molecule has 1 fully saturated rings. The van der Waals surface area contributed by atoms with Crippen LogP contribution in [0.4, 0.5) is 5.82 Å². The van der Waals surface area contributed by atoms with Crippen molar-refractivity contribution < 1.29 is 0 Å². The largest absolute Gasteiger partial charge is 0.356 e. The molecule has 0 unspecified atom stereocenters. The average molecular weight is 387 g/mol. The number of anilines is 1. The lowest BCUT2D eigenvalue weighted by Crippen LogP contribution is -2.42. The summed E-state index contributed by atoms with van der Waals surface area (Å²) in [5.74, 6) is 0.950. The van der Waals surface area contributed by atoms with Crippen LogP contribution in [0.15, 0.2) is 29.6 Å². The molecule has 0 radical (unpaired) electrons. The molecule has 0 aliphatic carbocycles. The Balaban J connectivity index is 1.80. The van der Waals surface area contributed by atoms with Gasteiger partial charge in [-0.25, -0.2) is 4.98 Å². The van der Waals surface area contributed by atoms with Crippen LogP contribution in [-0.2, 0) is 0 Å². The van der Waals surface area contributed by atoms with Gasteiger partial charge in [-0.05, 0) is 57.1 Å². The highest BCUT2D eigenvalue weighted by Gasteiger charge is 2.25. The van der Waals surface area contributed by atoms with Gasteiger partial charge < -0.3 is 9.80 Å². The Morgan fingerprint density at radius 3 is 2.54 bits per heavy atom. The number of hydrogen-bond acceptors (Lipinski definition) is 5. The van der Waals surface area contributed by atoms with E-state index >= 15 is 0 Å². The molecule has 4 rings (SSSR count). The minimum Gasteiger partial charge on any atom is -0.356 e. The van der Waals surface area contributed by atoms with Gasteiger partial charge in [-0.15, -0.1) is 11.3 Å². The fraction of sp³-hybridized carbons (Fsp3) is 0.400. The molecule has 26 heavy (non-hydrogen) atoms. The summed E-state index contributed by atoms with van der Waals surface area (Å²) in [7, 11) is 4.33. The van der Waals surface area contributed by atoms with Crippen LogP contribution in [0, 0.1) is 6.92 Å². The second-order valence-electron chi connectivity index (χ2n) is 7.16. The topological polar surface area (TPSA) is 32.3 Å². The summed E-state index contributed by atoms with van der Waals surface area (Å²) < 4.78 is 0. The number of halogens is 1. The van der Waals surface area contributed by atoms with Crippen molar-refractivity contribution in [2.24, 2.45) is 0 Å². The summed E-state index contributed by atoms with van der Waals surface area (Å²) in [5.41, 5.74) is 3.65. The molecule has 4 nitrogen and oxygen atoms in total. The summed E-state index contributed by atoms with van der Waals surface area (Å²) in [6.07, 6.45) is 2.28. The first-order chi connectivity index (χ1) is 12.5. The van der Waals surface area contributed by atoms with Gasteiger partial charge in [-0.1, -0.05) is 29.8 Å². The fourth-order valence-corrected chi connectivity index (χ4v) is 4.81. The zero-order valence-corrected chi connectivity index (χ0v) is 16.9. The van der Waals surface area contributed by atoms with E-state index in [1.807, 2.05) is 0 Å². The zero-order valence-electron chi connectivity index (χ0n) is 15.4. The summed E-state index contributed by atoms with van der Waals surface area (Å²) in [4.78, 5) is 14.8. The highest BCUT2D eigenvalue weighted by atomic mass is 35.5. The minimum atomic E-state index is 0.324. The number of fused-ring (bicyclic) bond motifs is 1. The van der Waals surface area contributed by atoms with E-state index in [1.54, 1.807) is 11.3 Å². The van der Waals surface area contributed by atoms with Gasteiger partial charge in [0.25, 0.3) is 0 Å². The summed E-state index contributed by atoms with van der Waals surface area (Å²) >= 11 is 7.89. The van der Waals surface area contributed by atoms with Crippen LogP contribution < -0.4 is 4.90 Å². The predicted octanol–water partition coefficient (Wildman–Crippen LogP) is 4.85. The van der Waals surface area contributed by atoms with E-state index in [2.05, 4.69) is 70.4 Å². The van der Waals surface area contributed by atoms with Crippen LogP contribution in [0.5, 0.6) is 0 Å². The third-order valence-electron chi connectivity index (χ3n) is 5.32. The smallest absolute Gasteiger partial charge is 0.225 e. The van der Waals surface area contributed by atoms with Gasteiger partial charge in [0.2, 0.25) is 5.28 Å². The van der Waals surface area contributed by atoms with Gasteiger partial charge in [0, 0.05) is 24.0 Å². The molecule has 1 aliphatic heterocycles. The van der Waals surface area contributed by atoms with Gasteiger partial charge in [0.05, 0.1) is 5.39 Å². The van der Waals surface area contributed by atoms with E-state index in [-0.39, 0.29) is 0 Å². The molecule has 0 spiro atoms. The second-order valence-corrected chi connectivity index (χ2v) is 8.35. The maximum Gasteiger partial charge on any atom is 0.225 e. The lowest BCUT2D eigenvalue weighted by Gasteiger charge is -2.36. The third kappa shape index (κ3) is 3.31. The molecule has 0 saturated carbocycles. The van der Waals surface area contributed by atoms with Crippen molar-refractivity contribution >= 4 is 39.0 Å². The Morgan fingerprint density at radius 2 is 1.85 bits per heavy atom. The first kappa shape index (κ1) is 17.7. The Morgan fingerprint density at radius 1 is 1.15 bits per heavy atom. The lowest BCUT2D eigenvalue weighted by molar-refractivity contribution is 0.252. The molecule has 3 aromatic rings. The number of nitrogens with zero attached hydrogens (tertiary/aromatic N) is 4. The van der Waals surface area contributed by atoms with Gasteiger partial charge in [-0.3, -0.25) is 0 Å². The molecule has 1 aromatic carbocycles. The van der Waals surface area contributed by atoms with Crippen molar-refractivity contribution in [1.82, 2.24) is 14.9 Å². The van der Waals surface area contributed by atoms with Crippen LogP contribution >= 0.6 is 22.9 Å². The van der Waals surface area contributed by atoms with Crippen LogP contribution in [0.25, 0.3) is 21.3 Å². The van der Waals surface area contributed by atoms with Crippen molar-refractivity contribution in [3.63, 3.8) is 0 Å². The van der Waals surface area contributed by atoms with Crippen molar-refractivity contribution in [1.29, 1.82) is 0 Å². The maximum absolute atomic E-state index is 6.26. The first-order valence-electron chi connectivity index (χ1n) is 8.96. The molecule has 0 amide bonds. The van der Waals surface area contributed by atoms with E-state index < -0.39 is 0 Å². The monoisotopic (exact) mass is 386 g/mol. The van der Waals surface area contributed by atoms with Crippen LogP contribution in [-0.4, -0.2) is 48.1 Å². The Kier molecular flexibility index (Phi) is 4.86. The van der Waals surface area contributed by atoms with E-state index in [4.69, 9.17) is 11.6 Å². The molecule has 2 aromatic heterocycles. The lowest BCUT2D eigenvalue weighted by atomic mass is 10.0. The molecule has 0 N–H and O–H groups in total. The molecule has 1 saturated heterocycles. The molecule has 3 heterocycles. The first-order valence-corrected chi connectivity index (χ1v) is 10.2. The van der Waals surface area contributed by atoms with Crippen LogP contribution in [0.2, 0.25) is 5.28 Å². The van der Waals surface area contributed by atoms with E-state index in [0.717, 1.165) is 42.0 Å². The highest BCUT2D eigenvalue weighted by Crippen LogP contribution is 2.39. The number of thiophene rings is 1. The molecule has 0 atom stereocenters. The van der Waals surface area contributed by atoms with Gasteiger partial charge in [-0.2, -0.15) is 4.98 Å². The van der Waals surface area contributed by atoms with Crippen molar-refractivity contribution in [2.75, 3.05) is 32.1 Å². The Hall–Kier alpha value is -1.69. The van der Waals surface area contributed by atoms with E-state index in [1.165, 1.54) is 16.7 Å². The average Bonchev–Trinajstić information content (AvgIpc) is 3.05. The number of hydrogen-bond donors (Lipinski definition) is 0. The van der Waals surface area contributed by atoms with Crippen molar-refractivity contribution in [3.05, 3.63) is 40.5 Å². The summed E-state index contributed by atoms with van der Waals surface area (Å²) in [5, 5.41) is 3.61. The van der Waals surface area contributed by atoms with Gasteiger partial charge in [0.1, 0.15) is 10.6 Å². The number of piperidine rings is 1. The maximum atomic E-state index is 6.26. The van der Waals surface area contributed by atoms with Crippen molar-refractivity contribution in [2.45, 2.75) is 25.8 Å². The van der Waals surface area contributed by atoms with Crippen LogP contribution in [0.3, 0.4) is 0 Å². The quantitative estimate of drug-likeness (QED) is 0.602. The highest BCUT2D eigenvalue weighted by molar-refractivity contribution is 7.17. The predicted molar refractivity (Wildman–Crippen MR) is 112 cm³/mol. The molecular formula is C20H23ClN4S. The number of benzene rings is 1. The van der Waals surface area contributed by atoms with Gasteiger partial charge >= 0.3 is 0 Å². The summed E-state index contributed by atoms with van der Waals surface area (Å²) in [6.45, 7) is 4.34. The van der Waals surface area contributed by atoms with Crippen LogP contribution in [0.1, 0.15) is 18.4 Å². The Bertz CT molecular complexity index is 913. The normalized spacial score (nSPS) is 16.3. The Labute approximate surface area is 163 Å². The number of likely N-dealkylation sites (tertiary alicyclic amines) is 1. The van der Waals surface area contributed by atoms with E-state index in [0.29, 0.717) is 11.3 Å². The minimum absolute atomic E-state index is 0.324. The molecule has 1 aliphatic rings. The number of aryl methyl sites for hydroxylation is 1. The third-order valence-corrected chi connectivity index (χ3v) is 6.36. The second kappa shape index (κ2) is 7.14. The number of rotatable bonds is 3. The number of aromatic nitrogens is 2. The zero-order chi connectivity index (χ0) is 18.3. The molecule has 0 bridgehead atoms. The molecule has 136 valence electrons. The molecular weight excluding hydrogens is 364 g/mol. The van der Waals surface area contributed by atoms with Gasteiger partial charge in [0.15, 0.2) is 0 Å². The van der Waals surface area contributed by atoms with E-state index in [9.17, 15) is 0 Å².